The summed E-state index contributed by atoms with van der Waals surface area (Å²) in [5.74, 6) is 0.0442. The van der Waals surface area contributed by atoms with Crippen LogP contribution in [0.25, 0.3) is 0 Å². The first kappa shape index (κ1) is 14.6. The Kier molecular flexibility index (Phi) is 4.14. The van der Waals surface area contributed by atoms with Gasteiger partial charge in [0.2, 0.25) is 5.91 Å². The van der Waals surface area contributed by atoms with Gasteiger partial charge in [-0.3, -0.25) is 4.79 Å². The first-order chi connectivity index (χ1) is 10.6. The fourth-order valence-electron chi connectivity index (χ4n) is 3.04. The van der Waals surface area contributed by atoms with Crippen molar-refractivity contribution >= 4 is 17.3 Å². The van der Waals surface area contributed by atoms with Gasteiger partial charge >= 0.3 is 0 Å². The third-order valence-corrected chi connectivity index (χ3v) is 4.20. The van der Waals surface area contributed by atoms with E-state index in [1.54, 1.807) is 0 Å². The zero-order chi connectivity index (χ0) is 15.5. The smallest absolute Gasteiger partial charge is 0.243 e. The molecule has 0 bridgehead atoms. The lowest BCUT2D eigenvalue weighted by atomic mass is 9.99. The molecule has 0 atom stereocenters. The Bertz CT molecular complexity index is 694. The average Bonchev–Trinajstić information content (AvgIpc) is 2.49. The van der Waals surface area contributed by atoms with Crippen LogP contribution in [0.2, 0.25) is 0 Å². The van der Waals surface area contributed by atoms with Crippen LogP contribution in [0.3, 0.4) is 0 Å². The van der Waals surface area contributed by atoms with Gasteiger partial charge in [-0.25, -0.2) is 0 Å². The fraction of sp³-hybridized carbons (Fsp3) is 0.316. The molecule has 1 aliphatic rings. The molecule has 3 rings (SSSR count). The standard InChI is InChI=1S/C19H22N2O/c1-14-9-10-18-16(12-14)7-5-11-21(18)13-19(22)20-17-8-4-3-6-15(17)2/h3-4,6,8-10,12H,5,7,11,13H2,1-2H3,(H,20,22). The molecule has 22 heavy (non-hydrogen) atoms. The monoisotopic (exact) mass is 294 g/mol. The Balaban J connectivity index is 1.72. The molecule has 0 aromatic heterocycles. The molecule has 0 radical (unpaired) electrons. The van der Waals surface area contributed by atoms with E-state index in [0.29, 0.717) is 6.54 Å². The lowest BCUT2D eigenvalue weighted by molar-refractivity contribution is -0.115. The lowest BCUT2D eigenvalue weighted by Crippen LogP contribution is -2.36. The highest BCUT2D eigenvalue weighted by atomic mass is 16.2. The molecule has 0 unspecified atom stereocenters. The van der Waals surface area contributed by atoms with Crippen LogP contribution in [0, 0.1) is 13.8 Å². The summed E-state index contributed by atoms with van der Waals surface area (Å²) in [5, 5.41) is 3.02. The maximum Gasteiger partial charge on any atom is 0.243 e. The Hall–Kier alpha value is -2.29. The van der Waals surface area contributed by atoms with Gasteiger partial charge in [0.15, 0.2) is 0 Å². The van der Waals surface area contributed by atoms with Crippen molar-refractivity contribution in [3.05, 3.63) is 59.2 Å². The average molecular weight is 294 g/mol. The molecule has 114 valence electrons. The Morgan fingerprint density at radius 1 is 1.18 bits per heavy atom. The summed E-state index contributed by atoms with van der Waals surface area (Å²) < 4.78 is 0. The van der Waals surface area contributed by atoms with Crippen LogP contribution < -0.4 is 10.2 Å². The van der Waals surface area contributed by atoms with Crippen molar-refractivity contribution in [1.82, 2.24) is 0 Å². The molecule has 0 saturated heterocycles. The molecular formula is C19H22N2O. The predicted molar refractivity (Wildman–Crippen MR) is 91.5 cm³/mol. The van der Waals surface area contributed by atoms with Crippen molar-refractivity contribution < 1.29 is 4.79 Å². The quantitative estimate of drug-likeness (QED) is 0.936. The highest BCUT2D eigenvalue weighted by Gasteiger charge is 2.19. The molecule has 1 amide bonds. The zero-order valence-corrected chi connectivity index (χ0v) is 13.2. The Morgan fingerprint density at radius 3 is 2.82 bits per heavy atom. The molecule has 0 aliphatic carbocycles. The number of benzene rings is 2. The van der Waals surface area contributed by atoms with Gasteiger partial charge in [0, 0.05) is 17.9 Å². The number of para-hydroxylation sites is 1. The summed E-state index contributed by atoms with van der Waals surface area (Å²) in [6.07, 6.45) is 2.21. The summed E-state index contributed by atoms with van der Waals surface area (Å²) in [4.78, 5) is 14.5. The van der Waals surface area contributed by atoms with Gasteiger partial charge < -0.3 is 10.2 Å². The number of carbonyl (C=O) groups is 1. The van der Waals surface area contributed by atoms with Crippen LogP contribution in [-0.2, 0) is 11.2 Å². The second-order valence-electron chi connectivity index (χ2n) is 6.02. The van der Waals surface area contributed by atoms with Gasteiger partial charge in [-0.05, 0) is 49.9 Å². The van der Waals surface area contributed by atoms with Crippen molar-refractivity contribution in [2.24, 2.45) is 0 Å². The number of rotatable bonds is 3. The van der Waals surface area contributed by atoms with Crippen LogP contribution in [0.4, 0.5) is 11.4 Å². The van der Waals surface area contributed by atoms with Gasteiger partial charge in [-0.1, -0.05) is 35.9 Å². The summed E-state index contributed by atoms with van der Waals surface area (Å²) >= 11 is 0. The van der Waals surface area contributed by atoms with Crippen LogP contribution in [-0.4, -0.2) is 19.0 Å². The van der Waals surface area contributed by atoms with Gasteiger partial charge in [0.25, 0.3) is 0 Å². The largest absolute Gasteiger partial charge is 0.362 e. The highest BCUT2D eigenvalue weighted by molar-refractivity contribution is 5.94. The number of amides is 1. The predicted octanol–water partition coefficient (Wildman–Crippen LogP) is 3.69. The Morgan fingerprint density at radius 2 is 2.00 bits per heavy atom. The number of fused-ring (bicyclic) bond motifs is 1. The molecule has 1 aliphatic heterocycles. The molecule has 3 nitrogen and oxygen atoms in total. The van der Waals surface area contributed by atoms with E-state index in [-0.39, 0.29) is 5.91 Å². The van der Waals surface area contributed by atoms with Crippen LogP contribution in [0.1, 0.15) is 23.1 Å². The third-order valence-electron chi connectivity index (χ3n) is 4.20. The first-order valence-corrected chi connectivity index (χ1v) is 7.83. The minimum Gasteiger partial charge on any atom is -0.362 e. The fourth-order valence-corrected chi connectivity index (χ4v) is 3.04. The number of carbonyl (C=O) groups excluding carboxylic acids is 1. The summed E-state index contributed by atoms with van der Waals surface area (Å²) in [5.41, 5.74) is 5.83. The summed E-state index contributed by atoms with van der Waals surface area (Å²) in [6.45, 7) is 5.47. The van der Waals surface area contributed by atoms with Crippen LogP contribution >= 0.6 is 0 Å². The van der Waals surface area contributed by atoms with E-state index in [4.69, 9.17) is 0 Å². The molecule has 2 aromatic rings. The second-order valence-corrected chi connectivity index (χ2v) is 6.02. The Labute approximate surface area is 132 Å². The van der Waals surface area contributed by atoms with E-state index in [9.17, 15) is 4.79 Å². The van der Waals surface area contributed by atoms with Gasteiger partial charge in [0.05, 0.1) is 6.54 Å². The minimum atomic E-state index is 0.0442. The van der Waals surface area contributed by atoms with Crippen LogP contribution in [0.15, 0.2) is 42.5 Å². The zero-order valence-electron chi connectivity index (χ0n) is 13.2. The van der Waals surface area contributed by atoms with E-state index < -0.39 is 0 Å². The van der Waals surface area contributed by atoms with E-state index in [1.165, 1.54) is 16.8 Å². The molecule has 2 aromatic carbocycles. The minimum absolute atomic E-state index is 0.0442. The SMILES string of the molecule is Cc1ccc2c(c1)CCCN2CC(=O)Nc1ccccc1C. The van der Waals surface area contributed by atoms with Crippen molar-refractivity contribution in [1.29, 1.82) is 0 Å². The molecule has 1 heterocycles. The summed E-state index contributed by atoms with van der Waals surface area (Å²) in [7, 11) is 0. The van der Waals surface area contributed by atoms with E-state index >= 15 is 0 Å². The molecule has 1 N–H and O–H groups in total. The maximum atomic E-state index is 12.4. The number of anilines is 2. The number of aryl methyl sites for hydroxylation is 3. The van der Waals surface area contributed by atoms with Crippen LogP contribution in [0.5, 0.6) is 0 Å². The van der Waals surface area contributed by atoms with Crippen molar-refractivity contribution in [2.45, 2.75) is 26.7 Å². The van der Waals surface area contributed by atoms with Gasteiger partial charge in [0.1, 0.15) is 0 Å². The molecule has 3 heteroatoms. The third kappa shape index (κ3) is 3.14. The van der Waals surface area contributed by atoms with Crippen molar-refractivity contribution in [2.75, 3.05) is 23.3 Å². The second kappa shape index (κ2) is 6.22. The van der Waals surface area contributed by atoms with E-state index in [1.807, 2.05) is 31.2 Å². The van der Waals surface area contributed by atoms with Gasteiger partial charge in [-0.2, -0.15) is 0 Å². The normalized spacial score (nSPS) is 13.6. The summed E-state index contributed by atoms with van der Waals surface area (Å²) in [6, 6.07) is 14.4. The number of hydrogen-bond donors (Lipinski definition) is 1. The molecule has 0 spiro atoms. The van der Waals surface area contributed by atoms with Crippen molar-refractivity contribution in [3.8, 4) is 0 Å². The van der Waals surface area contributed by atoms with E-state index in [2.05, 4.69) is 35.3 Å². The molecular weight excluding hydrogens is 272 g/mol. The number of nitrogens with zero attached hydrogens (tertiary/aromatic N) is 1. The van der Waals surface area contributed by atoms with Gasteiger partial charge in [-0.15, -0.1) is 0 Å². The highest BCUT2D eigenvalue weighted by Crippen LogP contribution is 2.27. The number of nitrogens with one attached hydrogen (secondary N) is 1. The number of hydrogen-bond acceptors (Lipinski definition) is 2. The molecule has 0 saturated carbocycles. The maximum absolute atomic E-state index is 12.4. The molecule has 0 fully saturated rings. The topological polar surface area (TPSA) is 32.3 Å². The van der Waals surface area contributed by atoms with Crippen molar-refractivity contribution in [3.63, 3.8) is 0 Å². The van der Waals surface area contributed by atoms with E-state index in [0.717, 1.165) is 30.6 Å². The lowest BCUT2D eigenvalue weighted by Gasteiger charge is -2.31. The first-order valence-electron chi connectivity index (χ1n) is 7.83.